The molecule has 3 fully saturated rings. The fourth-order valence-corrected chi connectivity index (χ4v) is 9.61. The van der Waals surface area contributed by atoms with Gasteiger partial charge >= 0.3 is 0 Å². The number of likely N-dealkylation sites (tertiary alicyclic amines) is 2. The summed E-state index contributed by atoms with van der Waals surface area (Å²) in [5.74, 6) is -0.929. The Kier molecular flexibility index (Phi) is 13.5. The van der Waals surface area contributed by atoms with Crippen molar-refractivity contribution in [2.75, 3.05) is 27.2 Å². The van der Waals surface area contributed by atoms with Crippen LogP contribution in [0.1, 0.15) is 90.5 Å². The maximum Gasteiger partial charge on any atom is 0.245 e. The number of carbonyl (C=O) groups excluding carboxylic acids is 4. The molecule has 4 heterocycles. The number of hydrogen-bond donors (Lipinski definition) is 5. The number of hydrogen-bond acceptors (Lipinski definition) is 7. The number of nitrogens with one attached hydrogen (secondary N) is 5. The van der Waals surface area contributed by atoms with Crippen molar-refractivity contribution >= 4 is 45.6 Å². The topological polar surface area (TPSA) is 156 Å². The number of rotatable bonds is 15. The number of H-pyrrole nitrogens is 1. The molecular weight excluding hydrogens is 769 g/mol. The number of benzene rings is 2. The number of aromatic amines is 1. The SMILES string of the molecule is CCC(NC(=O)C(C)NC)C(=O)N1CCCC1Cc1c(-c2nc3cc(F)ccc3n2CC2CCCN2C(=O)C(NC(=O)C(C)NC)C2CCCCC2)[nH]c2cc(F)ccc12. The fourth-order valence-electron chi connectivity index (χ4n) is 9.61. The molecule has 324 valence electrons. The lowest BCUT2D eigenvalue weighted by atomic mass is 9.83. The first-order valence-corrected chi connectivity index (χ1v) is 21.9. The Bertz CT molecular complexity index is 2200. The second-order valence-corrected chi connectivity index (χ2v) is 17.1. The zero-order valence-electron chi connectivity index (χ0n) is 35.6. The quantitative estimate of drug-likeness (QED) is 0.111. The van der Waals surface area contributed by atoms with Crippen LogP contribution in [0.25, 0.3) is 33.5 Å². The van der Waals surface area contributed by atoms with Crippen molar-refractivity contribution in [2.45, 2.75) is 134 Å². The van der Waals surface area contributed by atoms with Crippen LogP contribution in [0.4, 0.5) is 8.78 Å². The summed E-state index contributed by atoms with van der Waals surface area (Å²) in [7, 11) is 3.43. The lowest BCUT2D eigenvalue weighted by molar-refractivity contribution is -0.139. The zero-order valence-corrected chi connectivity index (χ0v) is 35.6. The molecule has 1 aliphatic carbocycles. The highest BCUT2D eigenvalue weighted by atomic mass is 19.1. The smallest absolute Gasteiger partial charge is 0.245 e. The third-order valence-electron chi connectivity index (χ3n) is 13.3. The van der Waals surface area contributed by atoms with Crippen LogP contribution >= 0.6 is 0 Å². The molecule has 0 radical (unpaired) electrons. The van der Waals surface area contributed by atoms with E-state index in [0.717, 1.165) is 68.7 Å². The number of nitrogens with zero attached hydrogens (tertiary/aromatic N) is 4. The van der Waals surface area contributed by atoms with Crippen LogP contribution in [0.3, 0.4) is 0 Å². The van der Waals surface area contributed by atoms with Crippen molar-refractivity contribution in [3.8, 4) is 11.5 Å². The van der Waals surface area contributed by atoms with Gasteiger partial charge in [-0.25, -0.2) is 13.8 Å². The first-order valence-electron chi connectivity index (χ1n) is 21.9. The second kappa shape index (κ2) is 18.8. The Balaban J connectivity index is 1.24. The number of imidazole rings is 1. The molecule has 1 saturated carbocycles. The van der Waals surface area contributed by atoms with Gasteiger partial charge in [-0.05, 0) is 121 Å². The largest absolute Gasteiger partial charge is 0.352 e. The molecule has 4 amide bonds. The van der Waals surface area contributed by atoms with E-state index in [0.29, 0.717) is 60.5 Å². The van der Waals surface area contributed by atoms with Crippen molar-refractivity contribution in [1.82, 2.24) is 45.6 Å². The molecule has 4 aromatic rings. The third-order valence-corrected chi connectivity index (χ3v) is 13.3. The molecule has 3 aliphatic rings. The van der Waals surface area contributed by atoms with Crippen LogP contribution in [-0.2, 0) is 32.1 Å². The number of likely N-dealkylation sites (N-methyl/N-ethyl adjacent to an activating group) is 2. The van der Waals surface area contributed by atoms with Gasteiger partial charge in [0.2, 0.25) is 23.6 Å². The van der Waals surface area contributed by atoms with E-state index in [1.807, 2.05) is 21.3 Å². The Hall–Kier alpha value is -4.89. The molecule has 2 aromatic heterocycles. The van der Waals surface area contributed by atoms with Gasteiger partial charge in [-0.15, -0.1) is 0 Å². The maximum atomic E-state index is 14.9. The standard InChI is InChI=1S/C45H61F2N9O4/c1-6-35(52-42(57)26(2)48-4)44(59)54-20-10-14-31(54)24-34-33-18-16-29(46)22-36(33)50-40(34)41-51-37-23-30(47)17-19-38(37)56(41)25-32-15-11-21-55(32)45(60)39(28-12-8-7-9-13-28)53-43(58)27(3)49-5/h16-19,22-23,26-28,31-32,35,39,48-50H,6-15,20-21,24-25H2,1-5H3,(H,52,57)(H,53,58). The van der Waals surface area contributed by atoms with Crippen molar-refractivity contribution in [3.63, 3.8) is 0 Å². The van der Waals surface area contributed by atoms with E-state index < -0.39 is 35.8 Å². The number of fused-ring (bicyclic) bond motifs is 2. The molecule has 2 aromatic carbocycles. The Labute approximate surface area is 350 Å². The molecular formula is C45H61F2N9O4. The molecule has 15 heteroatoms. The lowest BCUT2D eigenvalue weighted by Gasteiger charge is -2.35. The minimum Gasteiger partial charge on any atom is -0.352 e. The van der Waals surface area contributed by atoms with Gasteiger partial charge in [0.25, 0.3) is 0 Å². The minimum absolute atomic E-state index is 0.0465. The first-order chi connectivity index (χ1) is 28.9. The van der Waals surface area contributed by atoms with Crippen LogP contribution in [0, 0.1) is 17.6 Å². The number of amides is 4. The second-order valence-electron chi connectivity index (χ2n) is 17.1. The Morgan fingerprint density at radius 3 is 2.12 bits per heavy atom. The van der Waals surface area contributed by atoms with Crippen molar-refractivity contribution in [2.24, 2.45) is 5.92 Å². The number of halogens is 2. The molecule has 7 rings (SSSR count). The number of carbonyl (C=O) groups is 4. The van der Waals surface area contributed by atoms with Gasteiger partial charge in [-0.2, -0.15) is 0 Å². The molecule has 0 spiro atoms. The molecule has 60 heavy (non-hydrogen) atoms. The van der Waals surface area contributed by atoms with Gasteiger partial charge in [0.15, 0.2) is 5.82 Å². The zero-order chi connectivity index (χ0) is 42.7. The lowest BCUT2D eigenvalue weighted by Crippen LogP contribution is -2.56. The van der Waals surface area contributed by atoms with Crippen molar-refractivity contribution in [1.29, 1.82) is 0 Å². The van der Waals surface area contributed by atoms with Crippen molar-refractivity contribution < 1.29 is 28.0 Å². The van der Waals surface area contributed by atoms with Gasteiger partial charge in [-0.3, -0.25) is 19.2 Å². The molecule has 6 unspecified atom stereocenters. The highest BCUT2D eigenvalue weighted by Gasteiger charge is 2.40. The molecule has 13 nitrogen and oxygen atoms in total. The van der Waals surface area contributed by atoms with Gasteiger partial charge in [0.1, 0.15) is 23.7 Å². The summed E-state index contributed by atoms with van der Waals surface area (Å²) in [6.07, 6.45) is 8.84. The molecule has 2 saturated heterocycles. The molecule has 0 bridgehead atoms. The van der Waals surface area contributed by atoms with E-state index in [-0.39, 0.29) is 41.6 Å². The highest BCUT2D eigenvalue weighted by molar-refractivity contribution is 5.93. The van der Waals surface area contributed by atoms with E-state index in [9.17, 15) is 28.0 Å². The van der Waals surface area contributed by atoms with Crippen LogP contribution in [0.15, 0.2) is 36.4 Å². The molecule has 6 atom stereocenters. The van der Waals surface area contributed by atoms with E-state index in [1.54, 1.807) is 40.1 Å². The van der Waals surface area contributed by atoms with Gasteiger partial charge in [0.05, 0.1) is 28.8 Å². The normalized spacial score (nSPS) is 20.7. The maximum absolute atomic E-state index is 14.9. The van der Waals surface area contributed by atoms with Gasteiger partial charge in [-0.1, -0.05) is 26.2 Å². The monoisotopic (exact) mass is 829 g/mol. The molecule has 5 N–H and O–H groups in total. The highest BCUT2D eigenvalue weighted by Crippen LogP contribution is 2.37. The molecule has 2 aliphatic heterocycles. The van der Waals surface area contributed by atoms with Crippen LogP contribution in [0.5, 0.6) is 0 Å². The Morgan fingerprint density at radius 1 is 0.800 bits per heavy atom. The van der Waals surface area contributed by atoms with Crippen LogP contribution in [0.2, 0.25) is 0 Å². The van der Waals surface area contributed by atoms with E-state index >= 15 is 0 Å². The van der Waals surface area contributed by atoms with Crippen LogP contribution < -0.4 is 21.3 Å². The predicted molar refractivity (Wildman–Crippen MR) is 228 cm³/mol. The average molecular weight is 830 g/mol. The minimum atomic E-state index is -0.681. The van der Waals surface area contributed by atoms with Crippen molar-refractivity contribution in [3.05, 3.63) is 53.6 Å². The Morgan fingerprint density at radius 2 is 1.43 bits per heavy atom. The third kappa shape index (κ3) is 8.93. The average Bonchev–Trinajstić information content (AvgIpc) is 4.07. The fraction of sp³-hybridized carbons (Fsp3) is 0.578. The summed E-state index contributed by atoms with van der Waals surface area (Å²) < 4.78 is 31.8. The van der Waals surface area contributed by atoms with E-state index in [1.165, 1.54) is 24.3 Å². The summed E-state index contributed by atoms with van der Waals surface area (Å²) >= 11 is 0. The summed E-state index contributed by atoms with van der Waals surface area (Å²) in [5.41, 5.74) is 3.20. The van der Waals surface area contributed by atoms with Gasteiger partial charge < -0.3 is 40.6 Å². The summed E-state index contributed by atoms with van der Waals surface area (Å²) in [6.45, 7) is 6.87. The summed E-state index contributed by atoms with van der Waals surface area (Å²) in [6, 6.07) is 6.47. The van der Waals surface area contributed by atoms with E-state index in [2.05, 4.69) is 26.3 Å². The predicted octanol–water partition coefficient (Wildman–Crippen LogP) is 5.16. The first kappa shape index (κ1) is 43.2. The van der Waals surface area contributed by atoms with Gasteiger partial charge in [0, 0.05) is 48.7 Å². The van der Waals surface area contributed by atoms with E-state index in [4.69, 9.17) is 4.98 Å². The number of aromatic nitrogens is 3. The van der Waals surface area contributed by atoms with Crippen LogP contribution in [-0.4, -0.2) is 111 Å². The summed E-state index contributed by atoms with van der Waals surface area (Å²) in [4.78, 5) is 67.1. The summed E-state index contributed by atoms with van der Waals surface area (Å²) in [5, 5.41) is 12.8.